The first-order valence-corrected chi connectivity index (χ1v) is 7.61. The van der Waals surface area contributed by atoms with E-state index in [1.54, 1.807) is 12.1 Å². The van der Waals surface area contributed by atoms with E-state index in [-0.39, 0.29) is 18.8 Å². The number of halogens is 2. The largest absolute Gasteiger partial charge is 0.480 e. The highest BCUT2D eigenvalue weighted by Crippen LogP contribution is 2.22. The number of carbonyl (C=O) groups excluding carboxylic acids is 1. The molecule has 0 fully saturated rings. The number of carboxylic acid groups (broad SMARTS) is 1. The van der Waals surface area contributed by atoms with Gasteiger partial charge in [0.15, 0.2) is 0 Å². The fourth-order valence-corrected chi connectivity index (χ4v) is 2.41. The zero-order valence-corrected chi connectivity index (χ0v) is 13.9. The predicted octanol–water partition coefficient (Wildman–Crippen LogP) is 2.51. The predicted molar refractivity (Wildman–Crippen MR) is 85.2 cm³/mol. The number of benzene rings is 1. The number of rotatable bonds is 7. The van der Waals surface area contributed by atoms with Gasteiger partial charge < -0.3 is 15.5 Å². The molecule has 1 aromatic rings. The summed E-state index contributed by atoms with van der Waals surface area (Å²) >= 11 is 11.8. The molecule has 3 N–H and O–H groups in total. The second-order valence-corrected chi connectivity index (χ2v) is 6.33. The van der Waals surface area contributed by atoms with Crippen LogP contribution in [0.5, 0.6) is 0 Å². The Morgan fingerprint density at radius 3 is 2.41 bits per heavy atom. The number of hydrogen-bond donors (Lipinski definition) is 3. The lowest BCUT2D eigenvalue weighted by Gasteiger charge is -2.19. The highest BCUT2D eigenvalue weighted by atomic mass is 35.5. The molecule has 7 heteroatoms. The van der Waals surface area contributed by atoms with Gasteiger partial charge in [0.05, 0.1) is 0 Å². The summed E-state index contributed by atoms with van der Waals surface area (Å²) in [4.78, 5) is 23.1. The molecule has 0 aromatic heterocycles. The Bertz CT molecular complexity index is 548. The van der Waals surface area contributed by atoms with Crippen LogP contribution in [0.25, 0.3) is 0 Å². The normalized spacial score (nSPS) is 13.7. The Morgan fingerprint density at radius 2 is 1.91 bits per heavy atom. The zero-order valence-electron chi connectivity index (χ0n) is 12.3. The maximum Gasteiger partial charge on any atom is 0.326 e. The third kappa shape index (κ3) is 5.83. The summed E-state index contributed by atoms with van der Waals surface area (Å²) in [6, 6.07) is 3.54. The van der Waals surface area contributed by atoms with Crippen LogP contribution in [0.4, 0.5) is 0 Å². The first-order valence-electron chi connectivity index (χ1n) is 6.86. The van der Waals surface area contributed by atoms with E-state index in [1.807, 2.05) is 13.8 Å². The van der Waals surface area contributed by atoms with E-state index in [0.29, 0.717) is 15.6 Å². The molecule has 5 nitrogen and oxygen atoms in total. The average Bonchev–Trinajstić information content (AvgIpc) is 2.39. The molecular formula is C15H19Cl2NO4. The van der Waals surface area contributed by atoms with Crippen LogP contribution in [0, 0.1) is 5.92 Å². The van der Waals surface area contributed by atoms with Crippen LogP contribution in [0.2, 0.25) is 10.0 Å². The molecule has 0 unspecified atom stereocenters. The number of carbonyl (C=O) groups is 2. The van der Waals surface area contributed by atoms with Gasteiger partial charge in [-0.15, -0.1) is 0 Å². The minimum atomic E-state index is -1.23. The van der Waals surface area contributed by atoms with Gasteiger partial charge in [-0.05, 0) is 30.0 Å². The van der Waals surface area contributed by atoms with Gasteiger partial charge in [-0.1, -0.05) is 43.1 Å². The summed E-state index contributed by atoms with van der Waals surface area (Å²) in [5.41, 5.74) is 0.553. The second-order valence-electron chi connectivity index (χ2n) is 5.48. The Morgan fingerprint density at radius 1 is 1.27 bits per heavy atom. The quantitative estimate of drug-likeness (QED) is 0.707. The number of aliphatic carboxylic acids is 1. The lowest BCUT2D eigenvalue weighted by molar-refractivity contribution is -0.143. The maximum atomic E-state index is 11.8. The van der Waals surface area contributed by atoms with Crippen molar-refractivity contribution >= 4 is 35.1 Å². The van der Waals surface area contributed by atoms with E-state index in [1.165, 1.54) is 6.07 Å². The first kappa shape index (κ1) is 18.7. The molecule has 0 aliphatic carbocycles. The number of nitrogens with one attached hydrogen (secondary N) is 1. The average molecular weight is 348 g/mol. The van der Waals surface area contributed by atoms with Gasteiger partial charge in [-0.2, -0.15) is 0 Å². The van der Waals surface area contributed by atoms with Crippen molar-refractivity contribution in [2.45, 2.75) is 38.8 Å². The van der Waals surface area contributed by atoms with Gasteiger partial charge >= 0.3 is 5.97 Å². The molecule has 2 atom stereocenters. The van der Waals surface area contributed by atoms with Crippen LogP contribution in [0.3, 0.4) is 0 Å². The van der Waals surface area contributed by atoms with E-state index < -0.39 is 24.0 Å². The van der Waals surface area contributed by atoms with E-state index in [4.69, 9.17) is 23.2 Å². The fraction of sp³-hybridized carbons (Fsp3) is 0.467. The van der Waals surface area contributed by atoms with Crippen LogP contribution < -0.4 is 5.32 Å². The molecule has 0 aliphatic heterocycles. The summed E-state index contributed by atoms with van der Waals surface area (Å²) in [6.07, 6.45) is -0.965. The summed E-state index contributed by atoms with van der Waals surface area (Å²) in [5.74, 6) is -1.78. The zero-order chi connectivity index (χ0) is 16.9. The number of carboxylic acids is 1. The number of aliphatic hydroxyl groups excluding tert-OH is 1. The SMILES string of the molecule is CC(C)C[C@@H](O)C(=O)N[C@@H](Cc1ccc(Cl)cc1Cl)C(=O)O. The van der Waals surface area contributed by atoms with Crippen molar-refractivity contribution in [1.82, 2.24) is 5.32 Å². The van der Waals surface area contributed by atoms with Crippen LogP contribution in [0.1, 0.15) is 25.8 Å². The van der Waals surface area contributed by atoms with Crippen molar-refractivity contribution in [2.75, 3.05) is 0 Å². The minimum absolute atomic E-state index is 0.00543. The van der Waals surface area contributed by atoms with Gasteiger partial charge in [-0.25, -0.2) is 4.79 Å². The first-order chi connectivity index (χ1) is 10.2. The smallest absolute Gasteiger partial charge is 0.326 e. The lowest BCUT2D eigenvalue weighted by atomic mass is 10.0. The minimum Gasteiger partial charge on any atom is -0.480 e. The van der Waals surface area contributed by atoms with Crippen LogP contribution in [-0.2, 0) is 16.0 Å². The molecule has 0 bridgehead atoms. The monoisotopic (exact) mass is 347 g/mol. The Balaban J connectivity index is 2.78. The highest BCUT2D eigenvalue weighted by molar-refractivity contribution is 6.35. The van der Waals surface area contributed by atoms with Crippen LogP contribution in [-0.4, -0.2) is 34.2 Å². The van der Waals surface area contributed by atoms with Crippen molar-refractivity contribution in [3.05, 3.63) is 33.8 Å². The molecule has 22 heavy (non-hydrogen) atoms. The molecule has 1 rings (SSSR count). The molecule has 122 valence electrons. The third-order valence-electron chi connectivity index (χ3n) is 3.05. The van der Waals surface area contributed by atoms with E-state index >= 15 is 0 Å². The molecule has 0 radical (unpaired) electrons. The summed E-state index contributed by atoms with van der Waals surface area (Å²) < 4.78 is 0. The Labute approximate surface area is 139 Å². The van der Waals surface area contributed by atoms with Crippen LogP contribution in [0.15, 0.2) is 18.2 Å². The van der Waals surface area contributed by atoms with Gasteiger partial charge in [0.2, 0.25) is 5.91 Å². The molecule has 1 amide bonds. The summed E-state index contributed by atoms with van der Waals surface area (Å²) in [7, 11) is 0. The topological polar surface area (TPSA) is 86.6 Å². The fourth-order valence-electron chi connectivity index (χ4n) is 1.93. The third-order valence-corrected chi connectivity index (χ3v) is 3.64. The molecule has 0 saturated heterocycles. The van der Waals surface area contributed by atoms with Gasteiger partial charge in [0, 0.05) is 16.5 Å². The summed E-state index contributed by atoms with van der Waals surface area (Å²) in [5, 5.41) is 22.1. The van der Waals surface area contributed by atoms with Gasteiger partial charge in [0.25, 0.3) is 0 Å². The standard InChI is InChI=1S/C15H19Cl2NO4/c1-8(2)5-13(19)14(20)18-12(15(21)22)6-9-3-4-10(16)7-11(9)17/h3-4,7-8,12-13,19H,5-6H2,1-2H3,(H,18,20)(H,21,22)/t12-,13+/m0/s1. The molecule has 0 saturated carbocycles. The van der Waals surface area contributed by atoms with Crippen molar-refractivity contribution in [3.8, 4) is 0 Å². The molecule has 0 spiro atoms. The van der Waals surface area contributed by atoms with Gasteiger partial charge in [0.1, 0.15) is 12.1 Å². The second kappa shape index (κ2) is 8.36. The maximum absolute atomic E-state index is 11.8. The molecule has 0 aliphatic rings. The number of hydrogen-bond acceptors (Lipinski definition) is 3. The Hall–Kier alpha value is -1.30. The van der Waals surface area contributed by atoms with Crippen molar-refractivity contribution in [1.29, 1.82) is 0 Å². The van der Waals surface area contributed by atoms with E-state index in [0.717, 1.165) is 0 Å². The van der Waals surface area contributed by atoms with E-state index in [9.17, 15) is 19.8 Å². The van der Waals surface area contributed by atoms with Crippen molar-refractivity contribution in [3.63, 3.8) is 0 Å². The molecule has 1 aromatic carbocycles. The van der Waals surface area contributed by atoms with Crippen LogP contribution >= 0.6 is 23.2 Å². The lowest BCUT2D eigenvalue weighted by Crippen LogP contribution is -2.47. The molecular weight excluding hydrogens is 329 g/mol. The Kier molecular flexibility index (Phi) is 7.13. The number of amides is 1. The van der Waals surface area contributed by atoms with Crippen molar-refractivity contribution in [2.24, 2.45) is 5.92 Å². The molecule has 0 heterocycles. The van der Waals surface area contributed by atoms with Gasteiger partial charge in [-0.3, -0.25) is 4.79 Å². The summed E-state index contributed by atoms with van der Waals surface area (Å²) in [6.45, 7) is 3.72. The van der Waals surface area contributed by atoms with E-state index in [2.05, 4.69) is 5.32 Å². The number of aliphatic hydroxyl groups is 1. The van der Waals surface area contributed by atoms with Crippen molar-refractivity contribution < 1.29 is 19.8 Å². The highest BCUT2D eigenvalue weighted by Gasteiger charge is 2.25.